The quantitative estimate of drug-likeness (QED) is 0.877. The number of rotatable bonds is 6. The third-order valence-corrected chi connectivity index (χ3v) is 3.11. The van der Waals surface area contributed by atoms with Crippen LogP contribution in [0.1, 0.15) is 12.0 Å². The molecule has 0 aromatic heterocycles. The van der Waals surface area contributed by atoms with Crippen molar-refractivity contribution < 1.29 is 8.78 Å². The zero-order chi connectivity index (χ0) is 14.4. The van der Waals surface area contributed by atoms with E-state index in [2.05, 4.69) is 4.90 Å². The van der Waals surface area contributed by atoms with E-state index in [9.17, 15) is 8.78 Å². The summed E-state index contributed by atoms with van der Waals surface area (Å²) in [6, 6.07) is 12.8. The molecule has 0 aliphatic rings. The second-order valence-corrected chi connectivity index (χ2v) is 4.67. The van der Waals surface area contributed by atoms with Crippen LogP contribution < -0.4 is 10.6 Å². The number of hydrogen-bond donors (Lipinski definition) is 1. The Morgan fingerprint density at radius 3 is 1.95 bits per heavy atom. The van der Waals surface area contributed by atoms with Crippen LogP contribution in [-0.2, 0) is 6.54 Å². The van der Waals surface area contributed by atoms with Crippen molar-refractivity contribution in [1.82, 2.24) is 0 Å². The lowest BCUT2D eigenvalue weighted by Gasteiger charge is -2.25. The minimum atomic E-state index is -0.255. The van der Waals surface area contributed by atoms with Gasteiger partial charge in [-0.1, -0.05) is 12.1 Å². The maximum Gasteiger partial charge on any atom is 0.123 e. The second kappa shape index (κ2) is 7.01. The Balaban J connectivity index is 2.14. The molecule has 0 aliphatic heterocycles. The van der Waals surface area contributed by atoms with Crippen LogP contribution in [0, 0.1) is 11.6 Å². The molecule has 2 rings (SSSR count). The molecule has 106 valence electrons. The second-order valence-electron chi connectivity index (χ2n) is 4.67. The maximum atomic E-state index is 13.0. The van der Waals surface area contributed by atoms with Crippen molar-refractivity contribution in [3.63, 3.8) is 0 Å². The van der Waals surface area contributed by atoms with Crippen LogP contribution >= 0.6 is 0 Å². The van der Waals surface area contributed by atoms with E-state index in [-0.39, 0.29) is 11.6 Å². The molecule has 0 saturated heterocycles. The van der Waals surface area contributed by atoms with Crippen molar-refractivity contribution in [3.05, 3.63) is 65.7 Å². The number of halogens is 2. The number of nitrogens with two attached hydrogens (primary N) is 1. The van der Waals surface area contributed by atoms with Crippen molar-refractivity contribution in [1.29, 1.82) is 0 Å². The van der Waals surface area contributed by atoms with Crippen molar-refractivity contribution in [2.24, 2.45) is 5.73 Å². The van der Waals surface area contributed by atoms with E-state index in [4.69, 9.17) is 5.73 Å². The lowest BCUT2D eigenvalue weighted by atomic mass is 10.2. The summed E-state index contributed by atoms with van der Waals surface area (Å²) in [6.45, 7) is 2.02. The third kappa shape index (κ3) is 4.03. The van der Waals surface area contributed by atoms with Gasteiger partial charge in [-0.15, -0.1) is 0 Å². The SMILES string of the molecule is NCCCN(Cc1ccc(F)cc1)c1ccc(F)cc1. The van der Waals surface area contributed by atoms with Gasteiger partial charge in [-0.3, -0.25) is 0 Å². The predicted molar refractivity (Wildman–Crippen MR) is 77.5 cm³/mol. The summed E-state index contributed by atoms with van der Waals surface area (Å²) in [5, 5.41) is 0. The van der Waals surface area contributed by atoms with Crippen LogP contribution in [0.15, 0.2) is 48.5 Å². The topological polar surface area (TPSA) is 29.3 Å². The van der Waals surface area contributed by atoms with Crippen LogP contribution in [0.3, 0.4) is 0 Å². The smallest absolute Gasteiger partial charge is 0.123 e. The number of nitrogens with zero attached hydrogens (tertiary/aromatic N) is 1. The average molecular weight is 276 g/mol. The molecule has 2 N–H and O–H groups in total. The van der Waals surface area contributed by atoms with Gasteiger partial charge in [0.15, 0.2) is 0 Å². The van der Waals surface area contributed by atoms with Crippen LogP contribution in [0.4, 0.5) is 14.5 Å². The standard InChI is InChI=1S/C16H18F2N2/c17-14-4-2-13(3-5-14)12-20(11-1-10-19)16-8-6-15(18)7-9-16/h2-9H,1,10-12,19H2. The molecule has 0 amide bonds. The molecular weight excluding hydrogens is 258 g/mol. The molecule has 0 bridgehead atoms. The highest BCUT2D eigenvalue weighted by Gasteiger charge is 2.07. The van der Waals surface area contributed by atoms with E-state index in [1.165, 1.54) is 24.3 Å². The molecule has 0 heterocycles. The van der Waals surface area contributed by atoms with Gasteiger partial charge in [0.25, 0.3) is 0 Å². The molecule has 0 aliphatic carbocycles. The molecule has 0 atom stereocenters. The fourth-order valence-corrected chi connectivity index (χ4v) is 2.04. The Bertz CT molecular complexity index is 523. The highest BCUT2D eigenvalue weighted by Crippen LogP contribution is 2.18. The van der Waals surface area contributed by atoms with Gasteiger partial charge in [0.1, 0.15) is 11.6 Å². The molecule has 2 aromatic rings. The molecule has 0 radical (unpaired) electrons. The fraction of sp³-hybridized carbons (Fsp3) is 0.250. The summed E-state index contributed by atoms with van der Waals surface area (Å²) in [4.78, 5) is 2.11. The average Bonchev–Trinajstić information content (AvgIpc) is 2.46. The lowest BCUT2D eigenvalue weighted by molar-refractivity contribution is 0.625. The molecule has 4 heteroatoms. The molecular formula is C16H18F2N2. The Hall–Kier alpha value is -1.94. The van der Waals surface area contributed by atoms with Gasteiger partial charge >= 0.3 is 0 Å². The molecule has 0 fully saturated rings. The van der Waals surface area contributed by atoms with Gasteiger partial charge in [0.05, 0.1) is 0 Å². The molecule has 20 heavy (non-hydrogen) atoms. The van der Waals surface area contributed by atoms with Crippen molar-refractivity contribution in [2.75, 3.05) is 18.0 Å². The van der Waals surface area contributed by atoms with Gasteiger partial charge in [0.2, 0.25) is 0 Å². The van der Waals surface area contributed by atoms with E-state index in [0.29, 0.717) is 13.1 Å². The summed E-state index contributed by atoms with van der Waals surface area (Å²) in [5.41, 5.74) is 7.50. The third-order valence-electron chi connectivity index (χ3n) is 3.11. The summed E-state index contributed by atoms with van der Waals surface area (Å²) in [7, 11) is 0. The minimum Gasteiger partial charge on any atom is -0.367 e. The van der Waals surface area contributed by atoms with Crippen LogP contribution in [-0.4, -0.2) is 13.1 Å². The first-order chi connectivity index (χ1) is 9.69. The van der Waals surface area contributed by atoms with Gasteiger partial charge < -0.3 is 10.6 Å². The molecule has 0 unspecified atom stereocenters. The number of benzene rings is 2. The summed E-state index contributed by atoms with van der Waals surface area (Å²) in [5.74, 6) is -0.502. The highest BCUT2D eigenvalue weighted by molar-refractivity contribution is 5.46. The maximum absolute atomic E-state index is 13.0. The molecule has 2 nitrogen and oxygen atoms in total. The van der Waals surface area contributed by atoms with Crippen LogP contribution in [0.5, 0.6) is 0 Å². The van der Waals surface area contributed by atoms with Crippen molar-refractivity contribution in [3.8, 4) is 0 Å². The monoisotopic (exact) mass is 276 g/mol. The first-order valence-corrected chi connectivity index (χ1v) is 6.64. The normalized spacial score (nSPS) is 10.6. The highest BCUT2D eigenvalue weighted by atomic mass is 19.1. The first-order valence-electron chi connectivity index (χ1n) is 6.64. The zero-order valence-corrected chi connectivity index (χ0v) is 11.2. The van der Waals surface area contributed by atoms with E-state index in [0.717, 1.165) is 24.2 Å². The summed E-state index contributed by atoms with van der Waals surface area (Å²) in [6.07, 6.45) is 0.846. The van der Waals surface area contributed by atoms with Crippen molar-refractivity contribution in [2.45, 2.75) is 13.0 Å². The summed E-state index contributed by atoms with van der Waals surface area (Å²) >= 11 is 0. The first kappa shape index (κ1) is 14.5. The van der Waals surface area contributed by atoms with Gasteiger partial charge in [-0.2, -0.15) is 0 Å². The van der Waals surface area contributed by atoms with Gasteiger partial charge in [-0.05, 0) is 54.9 Å². The largest absolute Gasteiger partial charge is 0.367 e. The van der Waals surface area contributed by atoms with Gasteiger partial charge in [0, 0.05) is 18.8 Å². The minimum absolute atomic E-state index is 0.246. The molecule has 2 aromatic carbocycles. The zero-order valence-electron chi connectivity index (χ0n) is 11.2. The number of hydrogen-bond acceptors (Lipinski definition) is 2. The van der Waals surface area contributed by atoms with Crippen LogP contribution in [0.2, 0.25) is 0 Å². The van der Waals surface area contributed by atoms with Gasteiger partial charge in [-0.25, -0.2) is 8.78 Å². The number of anilines is 1. The lowest BCUT2D eigenvalue weighted by Crippen LogP contribution is -2.25. The van der Waals surface area contributed by atoms with Crippen molar-refractivity contribution >= 4 is 5.69 Å². The van der Waals surface area contributed by atoms with E-state index in [1.807, 2.05) is 0 Å². The fourth-order valence-electron chi connectivity index (χ4n) is 2.04. The Morgan fingerprint density at radius 2 is 1.40 bits per heavy atom. The summed E-state index contributed by atoms with van der Waals surface area (Å²) < 4.78 is 25.9. The van der Waals surface area contributed by atoms with E-state index < -0.39 is 0 Å². The van der Waals surface area contributed by atoms with Crippen LogP contribution in [0.25, 0.3) is 0 Å². The Kier molecular flexibility index (Phi) is 5.07. The van der Waals surface area contributed by atoms with E-state index in [1.54, 1.807) is 24.3 Å². The molecule has 0 spiro atoms. The predicted octanol–water partition coefficient (Wildman–Crippen LogP) is 3.32. The molecule has 0 saturated carbocycles. The van der Waals surface area contributed by atoms with E-state index >= 15 is 0 Å². The Labute approximate surface area is 117 Å². The Morgan fingerprint density at radius 1 is 0.850 bits per heavy atom.